The summed E-state index contributed by atoms with van der Waals surface area (Å²) in [5, 5.41) is 0. The van der Waals surface area contributed by atoms with E-state index in [9.17, 15) is 0 Å². The quantitative estimate of drug-likeness (QED) is 0.510. The third-order valence-electron chi connectivity index (χ3n) is 3.29. The summed E-state index contributed by atoms with van der Waals surface area (Å²) in [5.74, 6) is 3.40. The Morgan fingerprint density at radius 2 is 1.85 bits per heavy atom. The fourth-order valence-electron chi connectivity index (χ4n) is 2.35. The highest BCUT2D eigenvalue weighted by molar-refractivity contribution is 7.98. The second-order valence-electron chi connectivity index (χ2n) is 4.33. The van der Waals surface area contributed by atoms with Gasteiger partial charge in [-0.1, -0.05) is 33.1 Å². The number of ether oxygens (including phenoxy) is 1. The summed E-state index contributed by atoms with van der Waals surface area (Å²) in [7, 11) is 0. The van der Waals surface area contributed by atoms with Crippen molar-refractivity contribution in [2.45, 2.75) is 33.1 Å². The van der Waals surface area contributed by atoms with Gasteiger partial charge in [0.05, 0.1) is 12.5 Å². The average Bonchev–Trinajstić information content (AvgIpc) is 2.10. The van der Waals surface area contributed by atoms with E-state index in [4.69, 9.17) is 4.74 Å². The molecule has 1 aliphatic rings. The summed E-state index contributed by atoms with van der Waals surface area (Å²) in [6.07, 6.45) is 6.31. The SMILES string of the molecule is CSCOCC1[C@H](C)CCC[C@@H]1C. The van der Waals surface area contributed by atoms with Gasteiger partial charge in [0.25, 0.3) is 0 Å². The lowest BCUT2D eigenvalue weighted by Crippen LogP contribution is -2.28. The summed E-state index contributed by atoms with van der Waals surface area (Å²) < 4.78 is 5.63. The Labute approximate surface area is 86.6 Å². The molecule has 0 saturated heterocycles. The first kappa shape index (κ1) is 11.4. The molecule has 0 aromatic rings. The van der Waals surface area contributed by atoms with Gasteiger partial charge in [0, 0.05) is 0 Å². The molecule has 1 nitrogen and oxygen atoms in total. The molecule has 1 unspecified atom stereocenters. The molecule has 1 saturated carbocycles. The van der Waals surface area contributed by atoms with Crippen molar-refractivity contribution in [3.63, 3.8) is 0 Å². The molecule has 1 rings (SSSR count). The van der Waals surface area contributed by atoms with Crippen LogP contribution in [0.1, 0.15) is 33.1 Å². The fourth-order valence-corrected chi connectivity index (χ4v) is 2.61. The lowest BCUT2D eigenvalue weighted by molar-refractivity contribution is 0.0597. The zero-order chi connectivity index (χ0) is 9.68. The van der Waals surface area contributed by atoms with Crippen molar-refractivity contribution in [1.82, 2.24) is 0 Å². The van der Waals surface area contributed by atoms with Gasteiger partial charge in [0.1, 0.15) is 0 Å². The van der Waals surface area contributed by atoms with Gasteiger partial charge >= 0.3 is 0 Å². The molecule has 0 aromatic carbocycles. The maximum atomic E-state index is 5.63. The Kier molecular flexibility index (Phi) is 5.18. The van der Waals surface area contributed by atoms with Crippen molar-refractivity contribution >= 4 is 11.8 Å². The van der Waals surface area contributed by atoms with Crippen LogP contribution in [0.4, 0.5) is 0 Å². The third-order valence-corrected chi connectivity index (χ3v) is 3.69. The highest BCUT2D eigenvalue weighted by Crippen LogP contribution is 2.34. The van der Waals surface area contributed by atoms with Crippen LogP contribution < -0.4 is 0 Å². The van der Waals surface area contributed by atoms with Gasteiger partial charge < -0.3 is 4.74 Å². The van der Waals surface area contributed by atoms with Gasteiger partial charge in [-0.05, 0) is 24.0 Å². The number of hydrogen-bond acceptors (Lipinski definition) is 2. The van der Waals surface area contributed by atoms with Gasteiger partial charge in [-0.15, -0.1) is 11.8 Å². The standard InChI is InChI=1S/C11H22OS/c1-9-5-4-6-10(2)11(9)7-12-8-13-3/h9-11H,4-8H2,1-3H3/t9-,10+,11?. The monoisotopic (exact) mass is 202 g/mol. The van der Waals surface area contributed by atoms with Crippen molar-refractivity contribution < 1.29 is 4.74 Å². The molecule has 2 heteroatoms. The Balaban J connectivity index is 2.26. The van der Waals surface area contributed by atoms with Gasteiger partial charge in [-0.2, -0.15) is 0 Å². The van der Waals surface area contributed by atoms with Crippen LogP contribution >= 0.6 is 11.8 Å². The summed E-state index contributed by atoms with van der Waals surface area (Å²) in [4.78, 5) is 0. The van der Waals surface area contributed by atoms with Gasteiger partial charge in [-0.3, -0.25) is 0 Å². The van der Waals surface area contributed by atoms with Crippen LogP contribution in [0.15, 0.2) is 0 Å². The Morgan fingerprint density at radius 1 is 1.23 bits per heavy atom. The molecule has 0 N–H and O–H groups in total. The van der Waals surface area contributed by atoms with E-state index in [1.165, 1.54) is 19.3 Å². The van der Waals surface area contributed by atoms with Crippen LogP contribution in [0.5, 0.6) is 0 Å². The maximum absolute atomic E-state index is 5.63. The summed E-state index contributed by atoms with van der Waals surface area (Å²) in [5.41, 5.74) is 0. The first-order valence-corrected chi connectivity index (χ1v) is 6.71. The minimum absolute atomic E-state index is 0.806. The highest BCUT2D eigenvalue weighted by atomic mass is 32.2. The lowest BCUT2D eigenvalue weighted by atomic mass is 9.74. The van der Waals surface area contributed by atoms with Crippen LogP contribution in [0, 0.1) is 17.8 Å². The molecule has 1 fully saturated rings. The number of thioether (sulfide) groups is 1. The molecule has 0 aliphatic heterocycles. The van der Waals surface area contributed by atoms with Crippen molar-refractivity contribution in [2.24, 2.45) is 17.8 Å². The molecule has 78 valence electrons. The molecule has 0 heterocycles. The van der Waals surface area contributed by atoms with Crippen molar-refractivity contribution in [1.29, 1.82) is 0 Å². The van der Waals surface area contributed by atoms with E-state index in [-0.39, 0.29) is 0 Å². The summed E-state index contributed by atoms with van der Waals surface area (Å²) in [6.45, 7) is 5.73. The average molecular weight is 202 g/mol. The molecule has 0 amide bonds. The molecular formula is C11H22OS. The third kappa shape index (κ3) is 3.51. The van der Waals surface area contributed by atoms with E-state index in [1.54, 1.807) is 11.8 Å². The van der Waals surface area contributed by atoms with Gasteiger partial charge in [-0.25, -0.2) is 0 Å². The normalized spacial score (nSPS) is 34.8. The van der Waals surface area contributed by atoms with Crippen molar-refractivity contribution in [3.8, 4) is 0 Å². The van der Waals surface area contributed by atoms with E-state index >= 15 is 0 Å². The van der Waals surface area contributed by atoms with Crippen molar-refractivity contribution in [2.75, 3.05) is 18.8 Å². The molecule has 0 bridgehead atoms. The van der Waals surface area contributed by atoms with E-state index in [1.807, 2.05) is 0 Å². The predicted molar refractivity (Wildman–Crippen MR) is 60.0 cm³/mol. The van der Waals surface area contributed by atoms with Crippen LogP contribution in [0.2, 0.25) is 0 Å². The van der Waals surface area contributed by atoms with Crippen molar-refractivity contribution in [3.05, 3.63) is 0 Å². The Bertz CT molecular complexity index is 128. The van der Waals surface area contributed by atoms with E-state index in [0.29, 0.717) is 0 Å². The second-order valence-corrected chi connectivity index (χ2v) is 5.14. The van der Waals surface area contributed by atoms with E-state index in [0.717, 1.165) is 30.3 Å². The van der Waals surface area contributed by atoms with Crippen LogP contribution in [0.3, 0.4) is 0 Å². The Hall–Kier alpha value is 0.310. The zero-order valence-electron chi connectivity index (χ0n) is 9.08. The van der Waals surface area contributed by atoms with Gasteiger partial charge in [0.15, 0.2) is 0 Å². The first-order chi connectivity index (χ1) is 6.25. The topological polar surface area (TPSA) is 9.23 Å². The number of hydrogen-bond donors (Lipinski definition) is 0. The minimum Gasteiger partial charge on any atom is -0.371 e. The lowest BCUT2D eigenvalue weighted by Gasteiger charge is -2.34. The molecule has 0 radical (unpaired) electrons. The van der Waals surface area contributed by atoms with Gasteiger partial charge in [0.2, 0.25) is 0 Å². The second kappa shape index (κ2) is 5.92. The van der Waals surface area contributed by atoms with Crippen LogP contribution in [-0.2, 0) is 4.74 Å². The smallest absolute Gasteiger partial charge is 0.0918 e. The van der Waals surface area contributed by atoms with Crippen LogP contribution in [0.25, 0.3) is 0 Å². The molecule has 13 heavy (non-hydrogen) atoms. The number of rotatable bonds is 4. The summed E-state index contributed by atoms with van der Waals surface area (Å²) in [6, 6.07) is 0. The Morgan fingerprint density at radius 3 is 2.38 bits per heavy atom. The highest BCUT2D eigenvalue weighted by Gasteiger charge is 2.27. The van der Waals surface area contributed by atoms with Crippen LogP contribution in [-0.4, -0.2) is 18.8 Å². The molecule has 0 spiro atoms. The molecule has 1 aliphatic carbocycles. The fraction of sp³-hybridized carbons (Fsp3) is 1.00. The molecular weight excluding hydrogens is 180 g/mol. The molecule has 0 aromatic heterocycles. The minimum atomic E-state index is 0.806. The summed E-state index contributed by atoms with van der Waals surface area (Å²) >= 11 is 1.77. The van der Waals surface area contributed by atoms with E-state index in [2.05, 4.69) is 20.1 Å². The predicted octanol–water partition coefficient (Wildman–Crippen LogP) is 3.40. The maximum Gasteiger partial charge on any atom is 0.0918 e. The largest absolute Gasteiger partial charge is 0.371 e. The first-order valence-electron chi connectivity index (χ1n) is 5.32. The molecule has 3 atom stereocenters. The zero-order valence-corrected chi connectivity index (χ0v) is 9.90. The van der Waals surface area contributed by atoms with E-state index < -0.39 is 0 Å².